The third kappa shape index (κ3) is 2.42. The molecule has 0 spiro atoms. The van der Waals surface area contributed by atoms with E-state index >= 15 is 0 Å². The summed E-state index contributed by atoms with van der Waals surface area (Å²) in [7, 11) is 0. The highest BCUT2D eigenvalue weighted by Crippen LogP contribution is 2.33. The molecule has 0 aromatic heterocycles. The Balaban J connectivity index is 1.59. The summed E-state index contributed by atoms with van der Waals surface area (Å²) < 4.78 is 0. The van der Waals surface area contributed by atoms with Gasteiger partial charge in [0.25, 0.3) is 11.8 Å². The second kappa shape index (κ2) is 5.82. The molecule has 2 aromatic rings. The van der Waals surface area contributed by atoms with Gasteiger partial charge in [0, 0.05) is 17.8 Å². The second-order valence-electron chi connectivity index (χ2n) is 6.15. The van der Waals surface area contributed by atoms with Crippen molar-refractivity contribution < 1.29 is 19.5 Å². The lowest BCUT2D eigenvalue weighted by Crippen LogP contribution is -2.45. The minimum atomic E-state index is -0.612. The molecule has 1 unspecified atom stereocenters. The Bertz CT molecular complexity index is 857. The van der Waals surface area contributed by atoms with Crippen LogP contribution in [0.3, 0.4) is 0 Å². The lowest BCUT2D eigenvalue weighted by atomic mass is 9.99. The molecular formula is C19H16N2O4. The van der Waals surface area contributed by atoms with Crippen molar-refractivity contribution in [3.05, 3.63) is 65.2 Å². The van der Waals surface area contributed by atoms with Crippen molar-refractivity contribution in [2.24, 2.45) is 0 Å². The van der Waals surface area contributed by atoms with Crippen LogP contribution in [0.25, 0.3) is 0 Å². The summed E-state index contributed by atoms with van der Waals surface area (Å²) in [4.78, 5) is 40.1. The Labute approximate surface area is 144 Å². The fourth-order valence-corrected chi connectivity index (χ4v) is 3.40. The highest BCUT2D eigenvalue weighted by atomic mass is 16.3. The maximum Gasteiger partial charge on any atom is 0.262 e. The Hall–Kier alpha value is -2.99. The minimum absolute atomic E-state index is 0.309. The van der Waals surface area contributed by atoms with Crippen molar-refractivity contribution in [2.75, 3.05) is 18.0 Å². The quantitative estimate of drug-likeness (QED) is 0.848. The summed E-state index contributed by atoms with van der Waals surface area (Å²) in [5.74, 6) is -1.23. The van der Waals surface area contributed by atoms with Gasteiger partial charge in [-0.3, -0.25) is 19.3 Å². The van der Waals surface area contributed by atoms with E-state index in [1.165, 1.54) is 4.90 Å². The highest BCUT2D eigenvalue weighted by Gasteiger charge is 2.38. The van der Waals surface area contributed by atoms with E-state index in [4.69, 9.17) is 0 Å². The summed E-state index contributed by atoms with van der Waals surface area (Å²) in [5.41, 5.74) is 1.97. The standard InChI is InChI=1S/C19H16N2O4/c22-16-9-10-20(15-8-4-3-7-14(15)16)17(23)11-21-18(24)12-5-1-2-6-13(12)19(21)25/h1-8,16,22H,9-11H2. The van der Waals surface area contributed by atoms with Gasteiger partial charge in [0.15, 0.2) is 0 Å². The van der Waals surface area contributed by atoms with E-state index < -0.39 is 17.9 Å². The van der Waals surface area contributed by atoms with Gasteiger partial charge in [-0.05, 0) is 24.6 Å². The van der Waals surface area contributed by atoms with Gasteiger partial charge >= 0.3 is 0 Å². The Morgan fingerprint density at radius 3 is 2.28 bits per heavy atom. The molecule has 1 N–H and O–H groups in total. The van der Waals surface area contributed by atoms with Gasteiger partial charge in [-0.1, -0.05) is 30.3 Å². The first-order chi connectivity index (χ1) is 12.1. The Morgan fingerprint density at radius 1 is 1.00 bits per heavy atom. The second-order valence-corrected chi connectivity index (χ2v) is 6.15. The summed E-state index contributed by atoms with van der Waals surface area (Å²) in [6, 6.07) is 13.7. The molecule has 25 heavy (non-hydrogen) atoms. The van der Waals surface area contributed by atoms with E-state index in [1.807, 2.05) is 0 Å². The van der Waals surface area contributed by atoms with Crippen molar-refractivity contribution in [1.82, 2.24) is 4.90 Å². The van der Waals surface area contributed by atoms with Crippen molar-refractivity contribution in [2.45, 2.75) is 12.5 Å². The van der Waals surface area contributed by atoms with Crippen molar-refractivity contribution in [1.29, 1.82) is 0 Å². The zero-order valence-electron chi connectivity index (χ0n) is 13.4. The number of imide groups is 1. The summed E-state index contributed by atoms with van der Waals surface area (Å²) in [5, 5.41) is 10.1. The van der Waals surface area contributed by atoms with E-state index in [9.17, 15) is 19.5 Å². The van der Waals surface area contributed by atoms with Gasteiger partial charge in [-0.25, -0.2) is 0 Å². The van der Waals surface area contributed by atoms with E-state index in [0.29, 0.717) is 35.3 Å². The molecule has 0 saturated heterocycles. The van der Waals surface area contributed by atoms with Gasteiger partial charge < -0.3 is 10.0 Å². The maximum atomic E-state index is 12.8. The molecule has 0 fully saturated rings. The van der Waals surface area contributed by atoms with E-state index in [-0.39, 0.29) is 12.5 Å². The largest absolute Gasteiger partial charge is 0.388 e. The van der Waals surface area contributed by atoms with Crippen LogP contribution < -0.4 is 4.90 Å². The Kier molecular flexibility index (Phi) is 3.62. The van der Waals surface area contributed by atoms with E-state index in [2.05, 4.69) is 0 Å². The van der Waals surface area contributed by atoms with Crippen LogP contribution in [0, 0.1) is 0 Å². The van der Waals surface area contributed by atoms with Crippen LogP contribution in [-0.4, -0.2) is 40.8 Å². The molecular weight excluding hydrogens is 320 g/mol. The predicted octanol–water partition coefficient (Wildman–Crippen LogP) is 1.75. The molecule has 1 atom stereocenters. The van der Waals surface area contributed by atoms with Crippen molar-refractivity contribution in [3.63, 3.8) is 0 Å². The average molecular weight is 336 g/mol. The van der Waals surface area contributed by atoms with Gasteiger partial charge in [0.2, 0.25) is 5.91 Å². The van der Waals surface area contributed by atoms with Crippen molar-refractivity contribution in [3.8, 4) is 0 Å². The molecule has 0 saturated carbocycles. The smallest absolute Gasteiger partial charge is 0.262 e. The first-order valence-corrected chi connectivity index (χ1v) is 8.10. The summed E-state index contributed by atoms with van der Waals surface area (Å²) in [6.45, 7) is 0.0386. The van der Waals surface area contributed by atoms with Crippen LogP contribution in [0.1, 0.15) is 38.8 Å². The van der Waals surface area contributed by atoms with Crippen LogP contribution in [-0.2, 0) is 4.79 Å². The van der Waals surface area contributed by atoms with Gasteiger partial charge in [0.05, 0.1) is 17.2 Å². The number of hydrogen-bond donors (Lipinski definition) is 1. The number of rotatable bonds is 2. The summed E-state index contributed by atoms with van der Waals surface area (Å²) in [6.07, 6.45) is -0.190. The molecule has 2 aromatic carbocycles. The van der Waals surface area contributed by atoms with Crippen LogP contribution in [0.2, 0.25) is 0 Å². The number of aliphatic hydroxyl groups excluding tert-OH is 1. The maximum absolute atomic E-state index is 12.8. The number of carbonyl (C=O) groups is 3. The molecule has 0 aliphatic carbocycles. The number of carbonyl (C=O) groups excluding carboxylic acids is 3. The monoisotopic (exact) mass is 336 g/mol. The molecule has 0 radical (unpaired) electrons. The molecule has 2 aliphatic heterocycles. The third-order valence-corrected chi connectivity index (χ3v) is 4.69. The zero-order valence-corrected chi connectivity index (χ0v) is 13.4. The molecule has 3 amide bonds. The normalized spacial score (nSPS) is 19.0. The number of nitrogens with zero attached hydrogens (tertiary/aromatic N) is 2. The molecule has 6 heteroatoms. The van der Waals surface area contributed by atoms with Crippen molar-refractivity contribution >= 4 is 23.4 Å². The average Bonchev–Trinajstić information content (AvgIpc) is 2.87. The van der Waals surface area contributed by atoms with Crippen LogP contribution in [0.15, 0.2) is 48.5 Å². The molecule has 0 bridgehead atoms. The number of aliphatic hydroxyl groups is 1. The number of fused-ring (bicyclic) bond motifs is 2. The Morgan fingerprint density at radius 2 is 1.60 bits per heavy atom. The minimum Gasteiger partial charge on any atom is -0.388 e. The molecule has 6 nitrogen and oxygen atoms in total. The first kappa shape index (κ1) is 15.5. The fraction of sp³-hybridized carbons (Fsp3) is 0.211. The molecule has 126 valence electrons. The molecule has 2 heterocycles. The molecule has 4 rings (SSSR count). The topological polar surface area (TPSA) is 77.9 Å². The van der Waals surface area contributed by atoms with Gasteiger partial charge in [-0.2, -0.15) is 0 Å². The molecule has 2 aliphatic rings. The number of amides is 3. The highest BCUT2D eigenvalue weighted by molar-refractivity contribution is 6.22. The number of anilines is 1. The number of hydrogen-bond acceptors (Lipinski definition) is 4. The van der Waals surface area contributed by atoms with Gasteiger partial charge in [-0.15, -0.1) is 0 Å². The summed E-state index contributed by atoms with van der Waals surface area (Å²) >= 11 is 0. The van der Waals surface area contributed by atoms with Crippen LogP contribution >= 0.6 is 0 Å². The number of para-hydroxylation sites is 1. The first-order valence-electron chi connectivity index (χ1n) is 8.10. The lowest BCUT2D eigenvalue weighted by Gasteiger charge is -2.33. The van der Waals surface area contributed by atoms with E-state index in [0.717, 1.165) is 4.90 Å². The predicted molar refractivity (Wildman–Crippen MR) is 90.2 cm³/mol. The SMILES string of the molecule is O=C1c2ccccc2C(=O)N1CC(=O)N1CCC(O)c2ccccc21. The van der Waals surface area contributed by atoms with Crippen LogP contribution in [0.5, 0.6) is 0 Å². The van der Waals surface area contributed by atoms with Gasteiger partial charge in [0.1, 0.15) is 6.54 Å². The lowest BCUT2D eigenvalue weighted by molar-refractivity contribution is -0.119. The number of benzene rings is 2. The zero-order chi connectivity index (χ0) is 17.6. The van der Waals surface area contributed by atoms with E-state index in [1.54, 1.807) is 48.5 Å². The third-order valence-electron chi connectivity index (χ3n) is 4.69. The van der Waals surface area contributed by atoms with Crippen LogP contribution in [0.4, 0.5) is 5.69 Å². The fourth-order valence-electron chi connectivity index (χ4n) is 3.40.